The zero-order chi connectivity index (χ0) is 19.3. The molecule has 1 atom stereocenters. The molecule has 1 N–H and O–H groups in total. The minimum Gasteiger partial charge on any atom is -0.444 e. The molecule has 1 aromatic rings. The van der Waals surface area contributed by atoms with Crippen LogP contribution in [0, 0.1) is 5.41 Å². The van der Waals surface area contributed by atoms with Crippen molar-refractivity contribution in [2.75, 3.05) is 13.6 Å². The third-order valence-corrected chi connectivity index (χ3v) is 3.54. The highest BCUT2D eigenvalue weighted by atomic mass is 16.6. The number of ketones is 1. The summed E-state index contributed by atoms with van der Waals surface area (Å²) in [7, 11) is 1.94. The van der Waals surface area contributed by atoms with E-state index in [0.717, 1.165) is 5.56 Å². The molecule has 0 heterocycles. The first-order valence-corrected chi connectivity index (χ1v) is 8.65. The van der Waals surface area contributed by atoms with E-state index in [-0.39, 0.29) is 5.78 Å². The molecule has 0 fully saturated rings. The fourth-order valence-corrected chi connectivity index (χ4v) is 2.44. The smallest absolute Gasteiger partial charge is 0.408 e. The summed E-state index contributed by atoms with van der Waals surface area (Å²) in [4.78, 5) is 26.9. The lowest BCUT2D eigenvalue weighted by atomic mass is 9.86. The van der Waals surface area contributed by atoms with Crippen LogP contribution in [0.4, 0.5) is 4.79 Å². The summed E-state index contributed by atoms with van der Waals surface area (Å²) in [5, 5.41) is 2.74. The fraction of sp³-hybridized carbons (Fsp3) is 0.600. The van der Waals surface area contributed by atoms with Crippen molar-refractivity contribution in [1.29, 1.82) is 0 Å². The van der Waals surface area contributed by atoms with Gasteiger partial charge in [0.25, 0.3) is 0 Å². The molecule has 0 aliphatic rings. The average molecular weight is 348 g/mol. The Morgan fingerprint density at radius 2 is 1.64 bits per heavy atom. The molecule has 0 bridgehead atoms. The van der Waals surface area contributed by atoms with E-state index >= 15 is 0 Å². The number of amides is 1. The van der Waals surface area contributed by atoms with Gasteiger partial charge < -0.3 is 10.1 Å². The molecular formula is C20H32N2O3. The van der Waals surface area contributed by atoms with Crippen molar-refractivity contribution in [3.8, 4) is 0 Å². The van der Waals surface area contributed by atoms with Gasteiger partial charge in [-0.25, -0.2) is 4.79 Å². The van der Waals surface area contributed by atoms with Crippen molar-refractivity contribution in [3.63, 3.8) is 0 Å². The highest BCUT2D eigenvalue weighted by molar-refractivity contribution is 5.91. The van der Waals surface area contributed by atoms with Crippen LogP contribution in [0.2, 0.25) is 0 Å². The lowest BCUT2D eigenvalue weighted by Gasteiger charge is -2.30. The van der Waals surface area contributed by atoms with E-state index in [0.29, 0.717) is 13.1 Å². The second-order valence-corrected chi connectivity index (χ2v) is 8.50. The molecule has 0 saturated heterocycles. The average Bonchev–Trinajstić information content (AvgIpc) is 2.43. The van der Waals surface area contributed by atoms with E-state index in [1.54, 1.807) is 20.8 Å². The van der Waals surface area contributed by atoms with Crippen LogP contribution in [-0.2, 0) is 16.1 Å². The quantitative estimate of drug-likeness (QED) is 0.853. The third kappa shape index (κ3) is 8.16. The van der Waals surface area contributed by atoms with Crippen molar-refractivity contribution in [2.45, 2.75) is 59.7 Å². The third-order valence-electron chi connectivity index (χ3n) is 3.54. The predicted molar refractivity (Wildman–Crippen MR) is 100 cm³/mol. The molecular weight excluding hydrogens is 316 g/mol. The monoisotopic (exact) mass is 348 g/mol. The van der Waals surface area contributed by atoms with Crippen LogP contribution < -0.4 is 5.32 Å². The number of nitrogens with one attached hydrogen (secondary N) is 1. The van der Waals surface area contributed by atoms with Crippen LogP contribution in [0.5, 0.6) is 0 Å². The highest BCUT2D eigenvalue weighted by Crippen LogP contribution is 2.18. The molecule has 0 saturated carbocycles. The van der Waals surface area contributed by atoms with Crippen molar-refractivity contribution in [2.24, 2.45) is 5.41 Å². The van der Waals surface area contributed by atoms with E-state index in [9.17, 15) is 9.59 Å². The maximum Gasteiger partial charge on any atom is 0.408 e. The second kappa shape index (κ2) is 8.48. The number of alkyl carbamates (subject to hydrolysis) is 1. The summed E-state index contributed by atoms with van der Waals surface area (Å²) in [5.74, 6) is -0.0155. The summed E-state index contributed by atoms with van der Waals surface area (Å²) in [6.07, 6.45) is -0.566. The zero-order valence-electron chi connectivity index (χ0n) is 16.6. The number of rotatable bonds is 6. The number of hydrogen-bond donors (Lipinski definition) is 1. The molecule has 25 heavy (non-hydrogen) atoms. The topological polar surface area (TPSA) is 58.6 Å². The van der Waals surface area contributed by atoms with E-state index < -0.39 is 23.2 Å². The Hall–Kier alpha value is -1.88. The highest BCUT2D eigenvalue weighted by Gasteiger charge is 2.32. The van der Waals surface area contributed by atoms with Gasteiger partial charge in [0.2, 0.25) is 0 Å². The van der Waals surface area contributed by atoms with Gasteiger partial charge in [-0.2, -0.15) is 0 Å². The Kier molecular flexibility index (Phi) is 7.17. The minimum absolute atomic E-state index is 0.0155. The lowest BCUT2D eigenvalue weighted by molar-refractivity contribution is -0.128. The van der Waals surface area contributed by atoms with Gasteiger partial charge in [-0.3, -0.25) is 9.69 Å². The number of Topliss-reactive ketones (excluding diaryl/α,β-unsaturated/α-hetero) is 1. The minimum atomic E-state index is -0.622. The second-order valence-electron chi connectivity index (χ2n) is 8.50. The Labute approximate surface area is 151 Å². The first-order valence-electron chi connectivity index (χ1n) is 8.65. The summed E-state index contributed by atoms with van der Waals surface area (Å²) < 4.78 is 5.31. The summed E-state index contributed by atoms with van der Waals surface area (Å²) >= 11 is 0. The maximum atomic E-state index is 12.8. The van der Waals surface area contributed by atoms with Crippen LogP contribution in [-0.4, -0.2) is 42.0 Å². The van der Waals surface area contributed by atoms with Gasteiger partial charge in [-0.15, -0.1) is 0 Å². The molecule has 0 radical (unpaired) electrons. The standard InChI is InChI=1S/C20H32N2O3/c1-19(2,3)17(23)16(21-18(24)25-20(4,5)6)14-22(7)13-15-11-9-8-10-12-15/h8-12,16H,13-14H2,1-7H3,(H,21,24). The molecule has 5 heteroatoms. The maximum absolute atomic E-state index is 12.8. The largest absolute Gasteiger partial charge is 0.444 e. The van der Waals surface area contributed by atoms with Crippen LogP contribution in [0.3, 0.4) is 0 Å². The fourth-order valence-electron chi connectivity index (χ4n) is 2.44. The summed E-state index contributed by atoms with van der Waals surface area (Å²) in [6, 6.07) is 9.40. The number of carbonyl (C=O) groups excluding carboxylic acids is 2. The van der Waals surface area contributed by atoms with Crippen LogP contribution in [0.25, 0.3) is 0 Å². The van der Waals surface area contributed by atoms with Crippen molar-refractivity contribution in [3.05, 3.63) is 35.9 Å². The molecule has 0 spiro atoms. The molecule has 0 aliphatic heterocycles. The van der Waals surface area contributed by atoms with Gasteiger partial charge >= 0.3 is 6.09 Å². The molecule has 5 nitrogen and oxygen atoms in total. The molecule has 1 rings (SSSR count). The van der Waals surface area contributed by atoms with Crippen molar-refractivity contribution in [1.82, 2.24) is 10.2 Å². The van der Waals surface area contributed by atoms with Crippen LogP contribution in [0.1, 0.15) is 47.1 Å². The van der Waals surface area contributed by atoms with E-state index in [4.69, 9.17) is 4.74 Å². The Balaban J connectivity index is 2.80. The molecule has 1 unspecified atom stereocenters. The Morgan fingerprint density at radius 1 is 1.08 bits per heavy atom. The predicted octanol–water partition coefficient (Wildman–Crippen LogP) is 3.63. The van der Waals surface area contributed by atoms with Crippen LogP contribution >= 0.6 is 0 Å². The van der Waals surface area contributed by atoms with Gasteiger partial charge in [-0.1, -0.05) is 51.1 Å². The molecule has 0 aromatic heterocycles. The normalized spacial score (nSPS) is 13.4. The van der Waals surface area contributed by atoms with Crippen LogP contribution in [0.15, 0.2) is 30.3 Å². The van der Waals surface area contributed by atoms with E-state index in [2.05, 4.69) is 5.32 Å². The van der Waals surface area contributed by atoms with Gasteiger partial charge in [0.1, 0.15) is 11.6 Å². The number of ether oxygens (including phenoxy) is 1. The van der Waals surface area contributed by atoms with Crippen molar-refractivity contribution >= 4 is 11.9 Å². The van der Waals surface area contributed by atoms with E-state index in [1.807, 2.05) is 63.1 Å². The summed E-state index contributed by atoms with van der Waals surface area (Å²) in [5.41, 5.74) is 0.00651. The van der Waals surface area contributed by atoms with Gasteiger partial charge in [0.05, 0.1) is 0 Å². The molecule has 0 aliphatic carbocycles. The summed E-state index contributed by atoms with van der Waals surface area (Å²) in [6.45, 7) is 12.1. The number of likely N-dealkylation sites (N-methyl/N-ethyl adjacent to an activating group) is 1. The first-order chi connectivity index (χ1) is 11.4. The number of hydrogen-bond acceptors (Lipinski definition) is 4. The SMILES string of the molecule is CN(Cc1ccccc1)CC(NC(=O)OC(C)(C)C)C(=O)C(C)(C)C. The van der Waals surface area contributed by atoms with E-state index in [1.165, 1.54) is 0 Å². The molecule has 1 aromatic carbocycles. The zero-order valence-corrected chi connectivity index (χ0v) is 16.6. The molecule has 1 amide bonds. The van der Waals surface area contributed by atoms with Crippen molar-refractivity contribution < 1.29 is 14.3 Å². The van der Waals surface area contributed by atoms with Gasteiger partial charge in [-0.05, 0) is 33.4 Å². The number of carbonyl (C=O) groups is 2. The Morgan fingerprint density at radius 3 is 2.12 bits per heavy atom. The lowest BCUT2D eigenvalue weighted by Crippen LogP contribution is -2.52. The molecule has 140 valence electrons. The number of benzene rings is 1. The van der Waals surface area contributed by atoms with Gasteiger partial charge in [0.15, 0.2) is 5.78 Å². The Bertz CT molecular complexity index is 571. The van der Waals surface area contributed by atoms with Gasteiger partial charge in [0, 0.05) is 18.5 Å². The number of nitrogens with zero attached hydrogens (tertiary/aromatic N) is 1. The first kappa shape index (κ1) is 21.2.